The van der Waals surface area contributed by atoms with Gasteiger partial charge in [0, 0.05) is 19.5 Å². The molecule has 0 radical (unpaired) electrons. The van der Waals surface area contributed by atoms with Gasteiger partial charge >= 0.3 is 22.3 Å². The largest absolute Gasteiger partial charge is 0.480 e. The first-order valence-corrected chi connectivity index (χ1v) is 9.18. The van der Waals surface area contributed by atoms with Crippen LogP contribution in [0.5, 0.6) is 0 Å². The average Bonchev–Trinajstić information content (AvgIpc) is 2.78. The number of nitrogens with one attached hydrogen (secondary N) is 1. The van der Waals surface area contributed by atoms with Crippen molar-refractivity contribution in [2.75, 3.05) is 13.1 Å². The van der Waals surface area contributed by atoms with Gasteiger partial charge in [0.05, 0.1) is 0 Å². The summed E-state index contributed by atoms with van der Waals surface area (Å²) >= 11 is 0. The van der Waals surface area contributed by atoms with Crippen molar-refractivity contribution in [3.8, 4) is 0 Å². The summed E-state index contributed by atoms with van der Waals surface area (Å²) in [5, 5.41) is 10.2. The van der Waals surface area contributed by atoms with E-state index < -0.39 is 58.1 Å². The molecule has 11 heteroatoms. The maximum atomic E-state index is 13.0. The zero-order chi connectivity index (χ0) is 19.4. The Morgan fingerprint density at radius 1 is 1.44 bits per heavy atom. The fourth-order valence-electron chi connectivity index (χ4n) is 2.40. The van der Waals surface area contributed by atoms with E-state index in [0.717, 1.165) is 4.90 Å². The lowest BCUT2D eigenvalue weighted by molar-refractivity contribution is -0.148. The van der Waals surface area contributed by atoms with Crippen LogP contribution in [0, 0.1) is 0 Å². The molecule has 1 saturated heterocycles. The number of aliphatic carboxylic acids is 1. The van der Waals surface area contributed by atoms with E-state index in [1.54, 1.807) is 20.8 Å². The van der Waals surface area contributed by atoms with Crippen molar-refractivity contribution in [3.63, 3.8) is 0 Å². The van der Waals surface area contributed by atoms with Crippen LogP contribution in [0.15, 0.2) is 0 Å². The van der Waals surface area contributed by atoms with Crippen molar-refractivity contribution in [3.05, 3.63) is 0 Å². The van der Waals surface area contributed by atoms with Crippen LogP contribution in [0.4, 0.5) is 8.68 Å². The van der Waals surface area contributed by atoms with Crippen LogP contribution in [0.25, 0.3) is 0 Å². The Bertz CT molecular complexity index is 630. The molecule has 0 saturated carbocycles. The lowest BCUT2D eigenvalue weighted by Crippen LogP contribution is -2.43. The predicted octanol–water partition coefficient (Wildman–Crippen LogP) is 0.645. The Hall–Kier alpha value is -1.91. The van der Waals surface area contributed by atoms with Gasteiger partial charge in [-0.05, 0) is 33.6 Å². The number of ether oxygens (including phenoxy) is 1. The molecule has 2 atom stereocenters. The zero-order valence-corrected chi connectivity index (χ0v) is 15.1. The van der Waals surface area contributed by atoms with Gasteiger partial charge in [0.1, 0.15) is 16.9 Å². The number of rotatable bonds is 7. The fourth-order valence-corrected chi connectivity index (χ4v) is 3.08. The van der Waals surface area contributed by atoms with Crippen LogP contribution < -0.4 is 5.32 Å². The minimum Gasteiger partial charge on any atom is -0.480 e. The number of amides is 2. The smallest absolute Gasteiger partial charge is 0.407 e. The molecule has 1 fully saturated rings. The first kappa shape index (κ1) is 21.1. The van der Waals surface area contributed by atoms with Crippen LogP contribution in [0.3, 0.4) is 0 Å². The summed E-state index contributed by atoms with van der Waals surface area (Å²) in [6.07, 6.45) is -1.03. The second-order valence-corrected chi connectivity index (χ2v) is 8.39. The Morgan fingerprint density at radius 3 is 2.48 bits per heavy atom. The summed E-state index contributed by atoms with van der Waals surface area (Å²) in [6.45, 7) is 4.71. The summed E-state index contributed by atoms with van der Waals surface area (Å²) in [4.78, 5) is 35.5. The highest BCUT2D eigenvalue weighted by atomic mass is 32.3. The monoisotopic (exact) mass is 382 g/mol. The van der Waals surface area contributed by atoms with E-state index in [4.69, 9.17) is 4.74 Å². The van der Waals surface area contributed by atoms with Crippen LogP contribution in [0.2, 0.25) is 0 Å². The second-order valence-electron chi connectivity index (χ2n) is 6.77. The van der Waals surface area contributed by atoms with Gasteiger partial charge in [0.15, 0.2) is 0 Å². The fraction of sp³-hybridized carbons (Fsp3) is 0.786. The number of carbonyl (C=O) groups is 3. The van der Waals surface area contributed by atoms with Gasteiger partial charge in [-0.15, -0.1) is 3.89 Å². The minimum atomic E-state index is -4.91. The number of carboxylic acids is 1. The summed E-state index contributed by atoms with van der Waals surface area (Å²) in [5.41, 5.74) is -0.664. The minimum absolute atomic E-state index is 0.0179. The molecule has 1 aliphatic heterocycles. The molecule has 25 heavy (non-hydrogen) atoms. The standard InChI is InChI=1S/C14H23FN2O7S/c1-14(2,3)24-13(21)16-6-4-5-10(12(19)20)17-8-9(7-11(17)18)25(15,22)23/h9-10H,4-8H2,1-3H3,(H,16,21)(H,19,20)/t9?,10-/m0/s1. The third kappa shape index (κ3) is 6.85. The highest BCUT2D eigenvalue weighted by Crippen LogP contribution is 2.23. The van der Waals surface area contributed by atoms with E-state index in [2.05, 4.69) is 5.32 Å². The molecule has 2 N–H and O–H groups in total. The van der Waals surface area contributed by atoms with Crippen LogP contribution >= 0.6 is 0 Å². The van der Waals surface area contributed by atoms with Gasteiger partial charge < -0.3 is 20.1 Å². The molecule has 0 aliphatic carbocycles. The van der Waals surface area contributed by atoms with E-state index in [9.17, 15) is 31.8 Å². The van der Waals surface area contributed by atoms with Crippen LogP contribution in [-0.4, -0.2) is 66.4 Å². The molecule has 1 heterocycles. The first-order chi connectivity index (χ1) is 11.3. The summed E-state index contributed by atoms with van der Waals surface area (Å²) in [5.74, 6) is -2.04. The third-order valence-electron chi connectivity index (χ3n) is 3.50. The van der Waals surface area contributed by atoms with E-state index in [-0.39, 0.29) is 19.4 Å². The number of nitrogens with zero attached hydrogens (tertiary/aromatic N) is 1. The van der Waals surface area contributed by atoms with E-state index in [1.807, 2.05) is 0 Å². The molecule has 1 rings (SSSR count). The van der Waals surface area contributed by atoms with Crippen molar-refractivity contribution in [2.24, 2.45) is 0 Å². The molecule has 1 unspecified atom stereocenters. The van der Waals surface area contributed by atoms with Gasteiger partial charge in [-0.1, -0.05) is 0 Å². The topological polar surface area (TPSA) is 130 Å². The molecular formula is C14H23FN2O7S. The maximum absolute atomic E-state index is 13.0. The third-order valence-corrected chi connectivity index (χ3v) is 4.62. The molecule has 0 bridgehead atoms. The number of likely N-dealkylation sites (tertiary alicyclic amines) is 1. The number of carboxylic acid groups (broad SMARTS) is 1. The van der Waals surface area contributed by atoms with Crippen molar-refractivity contribution in [2.45, 2.75) is 56.9 Å². The summed E-state index contributed by atoms with van der Waals surface area (Å²) in [7, 11) is -4.91. The highest BCUT2D eigenvalue weighted by Gasteiger charge is 2.43. The molecule has 9 nitrogen and oxygen atoms in total. The molecule has 1 aliphatic rings. The van der Waals surface area contributed by atoms with E-state index >= 15 is 0 Å². The summed E-state index contributed by atoms with van der Waals surface area (Å²) in [6, 6.07) is -1.28. The number of hydrogen-bond acceptors (Lipinski definition) is 6. The Morgan fingerprint density at radius 2 is 2.04 bits per heavy atom. The predicted molar refractivity (Wildman–Crippen MR) is 85.0 cm³/mol. The van der Waals surface area contributed by atoms with Crippen molar-refractivity contribution in [1.82, 2.24) is 10.2 Å². The van der Waals surface area contributed by atoms with Crippen molar-refractivity contribution < 1.29 is 36.5 Å². The van der Waals surface area contributed by atoms with E-state index in [1.165, 1.54) is 0 Å². The number of halogens is 1. The van der Waals surface area contributed by atoms with Gasteiger partial charge in [0.25, 0.3) is 0 Å². The van der Waals surface area contributed by atoms with Gasteiger partial charge in [0.2, 0.25) is 5.91 Å². The van der Waals surface area contributed by atoms with Crippen molar-refractivity contribution in [1.29, 1.82) is 0 Å². The number of alkyl carbamates (subject to hydrolysis) is 1. The quantitative estimate of drug-likeness (QED) is 0.488. The van der Waals surface area contributed by atoms with Crippen molar-refractivity contribution >= 4 is 28.2 Å². The highest BCUT2D eigenvalue weighted by molar-refractivity contribution is 7.87. The molecule has 0 spiro atoms. The van der Waals surface area contributed by atoms with Crippen LogP contribution in [-0.2, 0) is 24.5 Å². The SMILES string of the molecule is CC(C)(C)OC(=O)NCCC[C@@H](C(=O)O)N1CC(S(=O)(=O)F)CC1=O. The lowest BCUT2D eigenvalue weighted by Gasteiger charge is -2.24. The molecule has 144 valence electrons. The van der Waals surface area contributed by atoms with Gasteiger partial charge in [-0.3, -0.25) is 4.79 Å². The Balaban J connectivity index is 2.55. The maximum Gasteiger partial charge on any atom is 0.407 e. The first-order valence-electron chi connectivity index (χ1n) is 7.74. The molecule has 2 amide bonds. The van der Waals surface area contributed by atoms with Gasteiger partial charge in [-0.25, -0.2) is 9.59 Å². The summed E-state index contributed by atoms with van der Waals surface area (Å²) < 4.78 is 39.9. The van der Waals surface area contributed by atoms with E-state index in [0.29, 0.717) is 0 Å². The molecular weight excluding hydrogens is 359 g/mol. The Labute approximate surface area is 145 Å². The van der Waals surface area contributed by atoms with Gasteiger partial charge in [-0.2, -0.15) is 8.42 Å². The Kier molecular flexibility index (Phi) is 6.75. The number of carbonyl (C=O) groups excluding carboxylic acids is 2. The molecule has 0 aromatic rings. The zero-order valence-electron chi connectivity index (χ0n) is 14.3. The lowest BCUT2D eigenvalue weighted by atomic mass is 10.1. The normalized spacial score (nSPS) is 19.6. The second kappa shape index (κ2) is 7.98. The average molecular weight is 382 g/mol. The number of hydrogen-bond donors (Lipinski definition) is 2. The molecule has 0 aromatic heterocycles. The van der Waals surface area contributed by atoms with Crippen LogP contribution in [0.1, 0.15) is 40.0 Å². The molecule has 0 aromatic carbocycles.